The lowest BCUT2D eigenvalue weighted by atomic mass is 10.1. The minimum atomic E-state index is -0.0874. The number of carbonyl (C=O) groups excluding carboxylic acids is 1. The number of thioether (sulfide) groups is 1. The van der Waals surface area contributed by atoms with Gasteiger partial charge in [-0.15, -0.1) is 10.2 Å². The molecule has 0 N–H and O–H groups in total. The third-order valence-corrected chi connectivity index (χ3v) is 5.94. The summed E-state index contributed by atoms with van der Waals surface area (Å²) in [5, 5.41) is 10.0. The van der Waals surface area contributed by atoms with E-state index >= 15 is 0 Å². The number of hydrogen-bond acceptors (Lipinski definition) is 5. The molecule has 0 saturated heterocycles. The van der Waals surface area contributed by atoms with Gasteiger partial charge in [-0.2, -0.15) is 0 Å². The number of aryl methyl sites for hydroxylation is 2. The number of aromatic nitrogens is 3. The molecule has 0 aliphatic carbocycles. The van der Waals surface area contributed by atoms with Gasteiger partial charge in [-0.3, -0.25) is 4.79 Å². The average Bonchev–Trinajstić information content (AvgIpc) is 3.07. The lowest BCUT2D eigenvalue weighted by molar-refractivity contribution is 0.102. The Morgan fingerprint density at radius 1 is 1.14 bits per heavy atom. The van der Waals surface area contributed by atoms with Crippen LogP contribution >= 0.6 is 35.0 Å². The van der Waals surface area contributed by atoms with Gasteiger partial charge in [0.25, 0.3) is 0 Å². The minimum Gasteiger partial charge on any atom is -0.485 e. The molecule has 3 rings (SSSR count). The normalized spacial score (nSPS) is 10.9. The molecule has 0 atom stereocenters. The Morgan fingerprint density at radius 2 is 1.86 bits per heavy atom. The second-order valence-electron chi connectivity index (χ2n) is 6.49. The molecule has 0 radical (unpaired) electrons. The summed E-state index contributed by atoms with van der Waals surface area (Å²) in [5.41, 5.74) is 2.60. The van der Waals surface area contributed by atoms with E-state index in [1.54, 1.807) is 18.2 Å². The van der Waals surface area contributed by atoms with E-state index in [9.17, 15) is 4.79 Å². The van der Waals surface area contributed by atoms with E-state index in [2.05, 4.69) is 10.2 Å². The van der Waals surface area contributed by atoms with Crippen molar-refractivity contribution in [1.82, 2.24) is 14.8 Å². The predicted octanol–water partition coefficient (Wildman–Crippen LogP) is 5.78. The maximum atomic E-state index is 12.5. The second kappa shape index (κ2) is 9.65. The van der Waals surface area contributed by atoms with Crippen molar-refractivity contribution in [2.45, 2.75) is 39.1 Å². The average molecular weight is 450 g/mol. The van der Waals surface area contributed by atoms with Crippen molar-refractivity contribution < 1.29 is 9.53 Å². The molecule has 0 amide bonds. The number of ether oxygens (including phenoxy) is 1. The highest BCUT2D eigenvalue weighted by molar-refractivity contribution is 7.99. The van der Waals surface area contributed by atoms with Gasteiger partial charge in [-0.1, -0.05) is 53.2 Å². The maximum absolute atomic E-state index is 12.5. The predicted molar refractivity (Wildman–Crippen MR) is 117 cm³/mol. The van der Waals surface area contributed by atoms with Crippen molar-refractivity contribution in [1.29, 1.82) is 0 Å². The van der Waals surface area contributed by atoms with Crippen LogP contribution in [0, 0.1) is 13.8 Å². The van der Waals surface area contributed by atoms with Gasteiger partial charge in [0.15, 0.2) is 16.8 Å². The molecule has 1 heterocycles. The minimum absolute atomic E-state index is 0.0874. The Bertz CT molecular complexity index is 1020. The summed E-state index contributed by atoms with van der Waals surface area (Å²) in [7, 11) is 0. The van der Waals surface area contributed by atoms with E-state index in [1.165, 1.54) is 11.8 Å². The Balaban J connectivity index is 1.68. The molecule has 0 unspecified atom stereocenters. The zero-order valence-corrected chi connectivity index (χ0v) is 18.7. The topological polar surface area (TPSA) is 57.0 Å². The fourth-order valence-corrected chi connectivity index (χ4v) is 4.36. The smallest absolute Gasteiger partial charge is 0.191 e. The van der Waals surface area contributed by atoms with Gasteiger partial charge in [0.2, 0.25) is 0 Å². The summed E-state index contributed by atoms with van der Waals surface area (Å²) in [4.78, 5) is 12.5. The molecule has 0 fully saturated rings. The second-order valence-corrected chi connectivity index (χ2v) is 8.27. The third kappa shape index (κ3) is 5.13. The van der Waals surface area contributed by atoms with E-state index < -0.39 is 0 Å². The van der Waals surface area contributed by atoms with Crippen molar-refractivity contribution in [3.63, 3.8) is 0 Å². The van der Waals surface area contributed by atoms with Crippen LogP contribution in [0.4, 0.5) is 0 Å². The van der Waals surface area contributed by atoms with Gasteiger partial charge >= 0.3 is 0 Å². The van der Waals surface area contributed by atoms with E-state index in [0.29, 0.717) is 33.9 Å². The van der Waals surface area contributed by atoms with E-state index in [-0.39, 0.29) is 11.5 Å². The molecule has 0 aliphatic heterocycles. The highest BCUT2D eigenvalue weighted by Gasteiger charge is 2.16. The lowest BCUT2D eigenvalue weighted by Crippen LogP contribution is -2.09. The Labute approximate surface area is 184 Å². The molecule has 8 heteroatoms. The molecule has 0 saturated carbocycles. The van der Waals surface area contributed by atoms with Crippen molar-refractivity contribution in [3.8, 4) is 5.75 Å². The molecule has 2 aromatic carbocycles. The molecule has 1 aromatic heterocycles. The number of benzene rings is 2. The first-order valence-electron chi connectivity index (χ1n) is 9.12. The van der Waals surface area contributed by atoms with Gasteiger partial charge in [0.1, 0.15) is 12.4 Å². The molecule has 152 valence electrons. The fraction of sp³-hybridized carbons (Fsp3) is 0.286. The lowest BCUT2D eigenvalue weighted by Gasteiger charge is -2.12. The van der Waals surface area contributed by atoms with E-state index in [1.807, 2.05) is 43.5 Å². The summed E-state index contributed by atoms with van der Waals surface area (Å²) in [6.07, 6.45) is 0. The van der Waals surface area contributed by atoms with E-state index in [4.69, 9.17) is 27.9 Å². The maximum Gasteiger partial charge on any atom is 0.191 e. The number of nitrogens with zero attached hydrogens (tertiary/aromatic N) is 3. The van der Waals surface area contributed by atoms with Gasteiger partial charge in [0, 0.05) is 17.1 Å². The van der Waals surface area contributed by atoms with Crippen LogP contribution in [0.2, 0.25) is 10.0 Å². The SMILES string of the molecule is CCn1c(COc2c(C)cccc2C)nnc1SCC(=O)c1ccc(Cl)cc1Cl. The van der Waals surface area contributed by atoms with Gasteiger partial charge < -0.3 is 9.30 Å². The largest absolute Gasteiger partial charge is 0.485 e. The van der Waals surface area contributed by atoms with E-state index in [0.717, 1.165) is 22.7 Å². The first-order valence-corrected chi connectivity index (χ1v) is 10.9. The molecule has 3 aromatic rings. The number of hydrogen-bond donors (Lipinski definition) is 0. The highest BCUT2D eigenvalue weighted by Crippen LogP contribution is 2.26. The standard InChI is InChI=1S/C21H21Cl2N3O2S/c1-4-26-19(11-28-20-13(2)6-5-7-14(20)3)24-25-21(26)29-12-18(27)16-9-8-15(22)10-17(16)23/h5-10H,4,11-12H2,1-3H3. The van der Waals surface area contributed by atoms with Crippen molar-refractivity contribution in [3.05, 3.63) is 69.0 Å². The number of rotatable bonds is 8. The fourth-order valence-electron chi connectivity index (χ4n) is 2.94. The van der Waals surface area contributed by atoms with Gasteiger partial charge in [0.05, 0.1) is 10.8 Å². The van der Waals surface area contributed by atoms with Crippen LogP contribution in [0.25, 0.3) is 0 Å². The van der Waals surface area contributed by atoms with Crippen molar-refractivity contribution in [2.24, 2.45) is 0 Å². The zero-order valence-electron chi connectivity index (χ0n) is 16.4. The first kappa shape index (κ1) is 21.7. The van der Waals surface area contributed by atoms with Crippen LogP contribution in [0.1, 0.15) is 34.2 Å². The number of carbonyl (C=O) groups is 1. The van der Waals surface area contributed by atoms with Gasteiger partial charge in [-0.25, -0.2) is 0 Å². The summed E-state index contributed by atoms with van der Waals surface area (Å²) in [6, 6.07) is 10.9. The van der Waals surface area contributed by atoms with Crippen molar-refractivity contribution >= 4 is 40.7 Å². The zero-order chi connectivity index (χ0) is 21.0. The van der Waals surface area contributed by atoms with Crippen LogP contribution in [-0.4, -0.2) is 26.3 Å². The highest BCUT2D eigenvalue weighted by atomic mass is 35.5. The molecule has 0 spiro atoms. The van der Waals surface area contributed by atoms with Crippen LogP contribution < -0.4 is 4.74 Å². The molecule has 5 nitrogen and oxygen atoms in total. The van der Waals surface area contributed by atoms with Crippen LogP contribution in [0.5, 0.6) is 5.75 Å². The number of Topliss-reactive ketones (excluding diaryl/α,β-unsaturated/α-hetero) is 1. The van der Waals surface area contributed by atoms with Crippen molar-refractivity contribution in [2.75, 3.05) is 5.75 Å². The first-order chi connectivity index (χ1) is 13.9. The third-order valence-electron chi connectivity index (χ3n) is 4.43. The monoisotopic (exact) mass is 449 g/mol. The molecule has 0 bridgehead atoms. The number of para-hydroxylation sites is 1. The number of ketones is 1. The Kier molecular flexibility index (Phi) is 7.22. The Morgan fingerprint density at radius 3 is 2.52 bits per heavy atom. The van der Waals surface area contributed by atoms with Crippen LogP contribution in [0.3, 0.4) is 0 Å². The van der Waals surface area contributed by atoms with Crippen LogP contribution in [-0.2, 0) is 13.2 Å². The molecular weight excluding hydrogens is 429 g/mol. The van der Waals surface area contributed by atoms with Gasteiger partial charge in [-0.05, 0) is 50.1 Å². The summed E-state index contributed by atoms with van der Waals surface area (Å²) in [5.74, 6) is 1.70. The molecule has 29 heavy (non-hydrogen) atoms. The quantitative estimate of drug-likeness (QED) is 0.322. The summed E-state index contributed by atoms with van der Waals surface area (Å²) < 4.78 is 7.96. The number of halogens is 2. The van der Waals surface area contributed by atoms with Crippen LogP contribution in [0.15, 0.2) is 41.6 Å². The Hall–Kier alpha value is -2.02. The molecular formula is C21H21Cl2N3O2S. The summed E-state index contributed by atoms with van der Waals surface area (Å²) in [6.45, 7) is 7.03. The summed E-state index contributed by atoms with van der Waals surface area (Å²) >= 11 is 13.4. The molecule has 0 aliphatic rings.